The van der Waals surface area contributed by atoms with Crippen LogP contribution in [0.1, 0.15) is 64.7 Å². The second-order valence-electron chi connectivity index (χ2n) is 7.17. The molecule has 2 heteroatoms. The Morgan fingerprint density at radius 1 is 1.22 bits per heavy atom. The van der Waals surface area contributed by atoms with Gasteiger partial charge in [0.2, 0.25) is 0 Å². The van der Waals surface area contributed by atoms with Crippen molar-refractivity contribution in [2.24, 2.45) is 17.3 Å². The molecule has 0 aromatic carbocycles. The predicted octanol–water partition coefficient (Wildman–Crippen LogP) is 3.30. The Kier molecular flexibility index (Phi) is 3.48. The first kappa shape index (κ1) is 12.7. The van der Waals surface area contributed by atoms with Gasteiger partial charge in [0.25, 0.3) is 0 Å². The highest BCUT2D eigenvalue weighted by atomic mass is 16.1. The Labute approximate surface area is 111 Å². The maximum Gasteiger partial charge on any atom is 0.137 e. The van der Waals surface area contributed by atoms with Crippen LogP contribution in [0.15, 0.2) is 0 Å². The molecule has 2 saturated carbocycles. The molecule has 1 heterocycles. The zero-order chi connectivity index (χ0) is 12.6. The average molecular weight is 249 g/mol. The first-order valence-electron chi connectivity index (χ1n) is 7.95. The summed E-state index contributed by atoms with van der Waals surface area (Å²) in [6.07, 6.45) is 11.3. The minimum atomic E-state index is 0.333. The van der Waals surface area contributed by atoms with E-state index in [1.54, 1.807) is 0 Å². The van der Waals surface area contributed by atoms with Gasteiger partial charge in [-0.05, 0) is 56.4 Å². The van der Waals surface area contributed by atoms with Crippen molar-refractivity contribution in [1.82, 2.24) is 5.32 Å². The third kappa shape index (κ3) is 2.36. The fourth-order valence-electron chi connectivity index (χ4n) is 4.66. The van der Waals surface area contributed by atoms with E-state index < -0.39 is 0 Å². The Morgan fingerprint density at radius 3 is 2.72 bits per heavy atom. The van der Waals surface area contributed by atoms with Crippen LogP contribution < -0.4 is 5.32 Å². The lowest BCUT2D eigenvalue weighted by Crippen LogP contribution is -2.48. The molecule has 1 spiro atoms. The molecule has 2 aliphatic carbocycles. The van der Waals surface area contributed by atoms with Crippen LogP contribution in [-0.2, 0) is 4.79 Å². The number of carbonyl (C=O) groups excluding carboxylic acids is 1. The number of carbonyl (C=O) groups is 1. The van der Waals surface area contributed by atoms with Crippen LogP contribution in [0.2, 0.25) is 0 Å². The van der Waals surface area contributed by atoms with Crippen LogP contribution in [0.3, 0.4) is 0 Å². The van der Waals surface area contributed by atoms with Gasteiger partial charge in [0, 0.05) is 18.4 Å². The summed E-state index contributed by atoms with van der Waals surface area (Å²) in [7, 11) is 0. The topological polar surface area (TPSA) is 29.1 Å². The summed E-state index contributed by atoms with van der Waals surface area (Å²) in [5, 5.41) is 3.64. The lowest BCUT2D eigenvalue weighted by molar-refractivity contribution is -0.129. The van der Waals surface area contributed by atoms with E-state index in [0.717, 1.165) is 18.9 Å². The number of hydrogen-bond donors (Lipinski definition) is 1. The molecule has 18 heavy (non-hydrogen) atoms. The van der Waals surface area contributed by atoms with Gasteiger partial charge in [-0.3, -0.25) is 4.79 Å². The third-order valence-corrected chi connectivity index (χ3v) is 5.82. The summed E-state index contributed by atoms with van der Waals surface area (Å²) < 4.78 is 0. The molecule has 1 N–H and O–H groups in total. The van der Waals surface area contributed by atoms with Crippen LogP contribution in [0.4, 0.5) is 0 Å². The molecule has 0 aromatic rings. The number of rotatable bonds is 1. The highest BCUT2D eigenvalue weighted by Gasteiger charge is 2.44. The molecule has 3 fully saturated rings. The van der Waals surface area contributed by atoms with Crippen molar-refractivity contribution >= 4 is 5.78 Å². The summed E-state index contributed by atoms with van der Waals surface area (Å²) in [5.41, 5.74) is 0.556. The minimum Gasteiger partial charge on any atom is -0.313 e. The Hall–Kier alpha value is -0.370. The summed E-state index contributed by atoms with van der Waals surface area (Å²) in [6.45, 7) is 3.45. The molecule has 0 radical (unpaired) electrons. The summed E-state index contributed by atoms with van der Waals surface area (Å²) >= 11 is 0. The van der Waals surface area contributed by atoms with Crippen LogP contribution in [0.5, 0.6) is 0 Å². The molecule has 0 aromatic heterocycles. The fraction of sp³-hybridized carbons (Fsp3) is 0.938. The predicted molar refractivity (Wildman–Crippen MR) is 73.4 cm³/mol. The van der Waals surface area contributed by atoms with Crippen LogP contribution in [-0.4, -0.2) is 18.4 Å². The largest absolute Gasteiger partial charge is 0.313 e. The van der Waals surface area contributed by atoms with E-state index in [1.165, 1.54) is 51.4 Å². The minimum absolute atomic E-state index is 0.333. The number of Topliss-reactive ketones (excluding diaryl/α,β-unsaturated/α-hetero) is 1. The number of ketones is 1. The lowest BCUT2D eigenvalue weighted by atomic mass is 9.65. The molecule has 102 valence electrons. The van der Waals surface area contributed by atoms with Crippen molar-refractivity contribution in [1.29, 1.82) is 0 Å². The molecule has 1 saturated heterocycles. The smallest absolute Gasteiger partial charge is 0.137 e. The van der Waals surface area contributed by atoms with Gasteiger partial charge in [-0.2, -0.15) is 0 Å². The Morgan fingerprint density at radius 2 is 2.00 bits per heavy atom. The van der Waals surface area contributed by atoms with Crippen LogP contribution >= 0.6 is 0 Å². The second-order valence-corrected chi connectivity index (χ2v) is 7.17. The van der Waals surface area contributed by atoms with E-state index in [-0.39, 0.29) is 0 Å². The maximum absolute atomic E-state index is 12.3. The van der Waals surface area contributed by atoms with Gasteiger partial charge < -0.3 is 5.32 Å². The Bertz CT molecular complexity index is 319. The summed E-state index contributed by atoms with van der Waals surface area (Å²) in [6, 6.07) is 0.485. The standard InChI is InChI=1S/C16H27NO/c1-12-5-9-17-14(10-12)13-11-16(6-2-3-7-16)8-4-15(13)18/h12-14,17H,2-11H2,1H3. The molecular formula is C16H27NO. The fourth-order valence-corrected chi connectivity index (χ4v) is 4.66. The molecule has 3 aliphatic rings. The summed E-state index contributed by atoms with van der Waals surface area (Å²) in [4.78, 5) is 12.3. The van der Waals surface area contributed by atoms with Crippen molar-refractivity contribution in [3.63, 3.8) is 0 Å². The number of nitrogens with one attached hydrogen (secondary N) is 1. The summed E-state index contributed by atoms with van der Waals surface area (Å²) in [5.74, 6) is 1.68. The van der Waals surface area contributed by atoms with Crippen molar-refractivity contribution in [2.75, 3.05) is 6.54 Å². The normalized spacial score (nSPS) is 40.3. The van der Waals surface area contributed by atoms with Gasteiger partial charge >= 0.3 is 0 Å². The molecule has 1 aliphatic heterocycles. The second kappa shape index (κ2) is 4.96. The van der Waals surface area contributed by atoms with Crippen LogP contribution in [0.25, 0.3) is 0 Å². The van der Waals surface area contributed by atoms with Crippen LogP contribution in [0, 0.1) is 17.3 Å². The van der Waals surface area contributed by atoms with E-state index in [9.17, 15) is 4.79 Å². The monoisotopic (exact) mass is 249 g/mol. The quantitative estimate of drug-likeness (QED) is 0.772. The van der Waals surface area contributed by atoms with Crippen molar-refractivity contribution in [2.45, 2.75) is 70.8 Å². The van der Waals surface area contributed by atoms with E-state index in [2.05, 4.69) is 12.2 Å². The van der Waals surface area contributed by atoms with E-state index in [0.29, 0.717) is 23.2 Å². The third-order valence-electron chi connectivity index (χ3n) is 5.82. The molecule has 0 amide bonds. The first-order chi connectivity index (χ1) is 8.69. The van der Waals surface area contributed by atoms with Gasteiger partial charge in [-0.1, -0.05) is 19.8 Å². The van der Waals surface area contributed by atoms with Gasteiger partial charge in [-0.25, -0.2) is 0 Å². The van der Waals surface area contributed by atoms with E-state index >= 15 is 0 Å². The molecule has 3 rings (SSSR count). The zero-order valence-electron chi connectivity index (χ0n) is 11.7. The number of piperidine rings is 1. The zero-order valence-corrected chi connectivity index (χ0v) is 11.7. The SMILES string of the molecule is CC1CCNC(C2CC3(CCCC3)CCC2=O)C1. The molecular weight excluding hydrogens is 222 g/mol. The highest BCUT2D eigenvalue weighted by Crippen LogP contribution is 2.50. The van der Waals surface area contributed by atoms with Crippen molar-refractivity contribution in [3.05, 3.63) is 0 Å². The maximum atomic E-state index is 12.3. The van der Waals surface area contributed by atoms with Gasteiger partial charge in [0.15, 0.2) is 0 Å². The van der Waals surface area contributed by atoms with E-state index in [4.69, 9.17) is 0 Å². The highest BCUT2D eigenvalue weighted by molar-refractivity contribution is 5.82. The Balaban J connectivity index is 1.70. The molecule has 2 nitrogen and oxygen atoms in total. The van der Waals surface area contributed by atoms with E-state index in [1.807, 2.05) is 0 Å². The average Bonchev–Trinajstić information content (AvgIpc) is 2.81. The van der Waals surface area contributed by atoms with Crippen molar-refractivity contribution < 1.29 is 4.79 Å². The number of hydrogen-bond acceptors (Lipinski definition) is 2. The van der Waals surface area contributed by atoms with Crippen molar-refractivity contribution in [3.8, 4) is 0 Å². The van der Waals surface area contributed by atoms with Gasteiger partial charge in [0.05, 0.1) is 0 Å². The molecule has 3 unspecified atom stereocenters. The molecule has 0 bridgehead atoms. The first-order valence-corrected chi connectivity index (χ1v) is 7.95. The van der Waals surface area contributed by atoms with Gasteiger partial charge in [-0.15, -0.1) is 0 Å². The molecule has 3 atom stereocenters. The lowest BCUT2D eigenvalue weighted by Gasteiger charge is -2.42. The van der Waals surface area contributed by atoms with Gasteiger partial charge in [0.1, 0.15) is 5.78 Å².